The minimum atomic E-state index is -4.63. The second kappa shape index (κ2) is 3.23. The summed E-state index contributed by atoms with van der Waals surface area (Å²) in [6.07, 6.45) is -3.67. The summed E-state index contributed by atoms with van der Waals surface area (Å²) in [5, 5.41) is 2.83. The molecule has 1 aliphatic heterocycles. The Morgan fingerprint density at radius 2 is 2.31 bits per heavy atom. The lowest BCUT2D eigenvalue weighted by Crippen LogP contribution is -2.43. The molecule has 0 fully saturated rings. The van der Waals surface area contributed by atoms with Gasteiger partial charge in [0.25, 0.3) is 0 Å². The molecule has 7 heteroatoms. The van der Waals surface area contributed by atoms with E-state index in [-0.39, 0.29) is 11.4 Å². The van der Waals surface area contributed by atoms with Crippen molar-refractivity contribution < 1.29 is 22.7 Å². The summed E-state index contributed by atoms with van der Waals surface area (Å²) < 4.78 is 40.5. The van der Waals surface area contributed by atoms with Gasteiger partial charge in [0.05, 0.1) is 7.11 Å². The molecule has 1 heterocycles. The molecule has 1 atom stereocenters. The summed E-state index contributed by atoms with van der Waals surface area (Å²) in [6.45, 7) is 0. The molecule has 1 unspecified atom stereocenters. The average Bonchev–Trinajstić information content (AvgIpc) is 2.49. The number of carbonyl (C=O) groups is 1. The average molecular weight is 196 g/mol. The zero-order valence-corrected chi connectivity index (χ0v) is 6.71. The van der Waals surface area contributed by atoms with E-state index < -0.39 is 18.3 Å². The third kappa shape index (κ3) is 1.90. The van der Waals surface area contributed by atoms with Crippen molar-refractivity contribution in [1.29, 1.82) is 0 Å². The van der Waals surface area contributed by atoms with Gasteiger partial charge in [-0.05, 0) is 0 Å². The van der Waals surface area contributed by atoms with Crippen LogP contribution < -0.4 is 0 Å². The van der Waals surface area contributed by atoms with Gasteiger partial charge < -0.3 is 4.74 Å². The smallest absolute Gasteiger partial charge is 0.467 e. The number of ether oxygens (including phenoxy) is 1. The Morgan fingerprint density at radius 1 is 1.69 bits per heavy atom. The van der Waals surface area contributed by atoms with Gasteiger partial charge in [0.1, 0.15) is 0 Å². The van der Waals surface area contributed by atoms with Gasteiger partial charge in [0, 0.05) is 12.6 Å². The normalized spacial score (nSPS) is 22.2. The van der Waals surface area contributed by atoms with Crippen molar-refractivity contribution in [3.63, 3.8) is 0 Å². The molecule has 0 saturated carbocycles. The predicted octanol–water partition coefficient (Wildman–Crippen LogP) is 0.739. The number of carbonyl (C=O) groups excluding carboxylic acids is 1. The summed E-state index contributed by atoms with van der Waals surface area (Å²) in [5.41, 5.74) is 0. The van der Waals surface area contributed by atoms with E-state index >= 15 is 0 Å². The van der Waals surface area contributed by atoms with Crippen molar-refractivity contribution >= 4 is 12.2 Å². The van der Waals surface area contributed by atoms with Crippen LogP contribution in [-0.4, -0.2) is 36.6 Å². The summed E-state index contributed by atoms with van der Waals surface area (Å²) in [6, 6.07) is -1.37. The lowest BCUT2D eigenvalue weighted by molar-refractivity contribution is -0.256. The van der Waals surface area contributed by atoms with Crippen molar-refractivity contribution in [2.45, 2.75) is 18.8 Å². The molecule has 74 valence electrons. The van der Waals surface area contributed by atoms with E-state index in [1.54, 1.807) is 0 Å². The van der Waals surface area contributed by atoms with E-state index in [0.717, 1.165) is 13.3 Å². The van der Waals surface area contributed by atoms with E-state index in [0.29, 0.717) is 0 Å². The Kier molecular flexibility index (Phi) is 2.44. The third-order valence-corrected chi connectivity index (χ3v) is 1.56. The van der Waals surface area contributed by atoms with Crippen LogP contribution in [0.1, 0.15) is 6.42 Å². The fourth-order valence-corrected chi connectivity index (χ4v) is 0.990. The van der Waals surface area contributed by atoms with Gasteiger partial charge in [-0.3, -0.25) is 0 Å². The summed E-state index contributed by atoms with van der Waals surface area (Å²) in [4.78, 5) is 10.8. The molecule has 0 amide bonds. The maximum Gasteiger partial charge on any atom is 0.501 e. The van der Waals surface area contributed by atoms with E-state index in [1.165, 1.54) is 0 Å². The molecular weight excluding hydrogens is 189 g/mol. The topological polar surface area (TPSA) is 41.9 Å². The number of hydrazone groups is 1. The highest BCUT2D eigenvalue weighted by Gasteiger charge is 2.46. The first kappa shape index (κ1) is 9.82. The van der Waals surface area contributed by atoms with Crippen molar-refractivity contribution in [2.75, 3.05) is 7.11 Å². The fourth-order valence-electron chi connectivity index (χ4n) is 0.990. The molecule has 1 rings (SSSR count). The van der Waals surface area contributed by atoms with Crippen molar-refractivity contribution in [1.82, 2.24) is 5.01 Å². The molecule has 0 radical (unpaired) electrons. The molecule has 4 nitrogen and oxygen atoms in total. The molecule has 0 aliphatic carbocycles. The van der Waals surface area contributed by atoms with Crippen molar-refractivity contribution in [3.05, 3.63) is 0 Å². The maximum atomic E-state index is 12.1. The van der Waals surface area contributed by atoms with Gasteiger partial charge in [0.2, 0.25) is 0 Å². The highest BCUT2D eigenvalue weighted by atomic mass is 19.4. The second-order valence-corrected chi connectivity index (χ2v) is 2.39. The highest BCUT2D eigenvalue weighted by Crippen LogP contribution is 2.28. The minimum absolute atomic E-state index is 0.0772. The van der Waals surface area contributed by atoms with Crippen molar-refractivity contribution in [3.8, 4) is 0 Å². The Hall–Kier alpha value is -1.27. The molecule has 0 aromatic rings. The Labute approximate surface area is 72.0 Å². The molecule has 1 aliphatic rings. The van der Waals surface area contributed by atoms with Crippen LogP contribution in [0.3, 0.4) is 0 Å². The van der Waals surface area contributed by atoms with Crippen LogP contribution in [0.2, 0.25) is 0 Å². The van der Waals surface area contributed by atoms with Gasteiger partial charge in [-0.2, -0.15) is 10.1 Å². The number of hydrogen-bond acceptors (Lipinski definition) is 4. The van der Waals surface area contributed by atoms with Crippen LogP contribution in [0.25, 0.3) is 0 Å². The molecule has 13 heavy (non-hydrogen) atoms. The number of alkyl halides is 3. The van der Waals surface area contributed by atoms with Gasteiger partial charge in [-0.1, -0.05) is 0 Å². The van der Waals surface area contributed by atoms with Crippen LogP contribution in [0.15, 0.2) is 5.10 Å². The standard InChI is InChI=1S/C6H7F3N2O2/c1-13-5(12)4-2-3-10-11(4)6(7,8)9/h3-4H,2H2,1H3. The number of hydrogen-bond donors (Lipinski definition) is 0. The van der Waals surface area contributed by atoms with Gasteiger partial charge in [-0.25, -0.2) is 4.79 Å². The first-order valence-corrected chi connectivity index (χ1v) is 3.43. The third-order valence-electron chi connectivity index (χ3n) is 1.56. The SMILES string of the molecule is COC(=O)C1CC=NN1C(F)(F)F. The van der Waals surface area contributed by atoms with Gasteiger partial charge >= 0.3 is 12.3 Å². The van der Waals surface area contributed by atoms with Crippen LogP contribution in [-0.2, 0) is 9.53 Å². The number of methoxy groups -OCH3 is 1. The first-order valence-electron chi connectivity index (χ1n) is 3.43. The Morgan fingerprint density at radius 3 is 2.77 bits per heavy atom. The van der Waals surface area contributed by atoms with Gasteiger partial charge in [-0.15, -0.1) is 13.2 Å². The van der Waals surface area contributed by atoms with Crippen LogP contribution in [0.4, 0.5) is 13.2 Å². The van der Waals surface area contributed by atoms with E-state index in [9.17, 15) is 18.0 Å². The summed E-state index contributed by atoms with van der Waals surface area (Å²) in [5.74, 6) is -0.935. The van der Waals surface area contributed by atoms with Gasteiger partial charge in [0.15, 0.2) is 6.04 Å². The molecule has 0 spiro atoms. The quantitative estimate of drug-likeness (QED) is 0.458. The zero-order chi connectivity index (χ0) is 10.1. The lowest BCUT2D eigenvalue weighted by Gasteiger charge is -2.23. The molecular formula is C6H7F3N2O2. The molecule has 0 bridgehead atoms. The number of nitrogens with zero attached hydrogens (tertiary/aromatic N) is 2. The molecule has 0 aromatic heterocycles. The highest BCUT2D eigenvalue weighted by molar-refractivity contribution is 5.81. The number of rotatable bonds is 1. The van der Waals surface area contributed by atoms with E-state index in [1.807, 2.05) is 0 Å². The fraction of sp³-hybridized carbons (Fsp3) is 0.667. The zero-order valence-electron chi connectivity index (χ0n) is 6.71. The van der Waals surface area contributed by atoms with E-state index in [4.69, 9.17) is 0 Å². The molecule has 0 aromatic carbocycles. The second-order valence-electron chi connectivity index (χ2n) is 2.39. The molecule has 0 N–H and O–H groups in total. The monoisotopic (exact) mass is 196 g/mol. The largest absolute Gasteiger partial charge is 0.501 e. The van der Waals surface area contributed by atoms with Crippen molar-refractivity contribution in [2.24, 2.45) is 5.10 Å². The minimum Gasteiger partial charge on any atom is -0.467 e. The Bertz CT molecular complexity index is 239. The number of esters is 1. The molecule has 0 saturated heterocycles. The van der Waals surface area contributed by atoms with Crippen LogP contribution >= 0.6 is 0 Å². The number of halogens is 3. The van der Waals surface area contributed by atoms with Crippen LogP contribution in [0.5, 0.6) is 0 Å². The summed E-state index contributed by atoms with van der Waals surface area (Å²) in [7, 11) is 1.04. The predicted molar refractivity (Wildman–Crippen MR) is 36.8 cm³/mol. The Balaban J connectivity index is 2.74. The van der Waals surface area contributed by atoms with E-state index in [2.05, 4.69) is 9.84 Å². The first-order chi connectivity index (χ1) is 5.96. The summed E-state index contributed by atoms with van der Waals surface area (Å²) >= 11 is 0. The van der Waals surface area contributed by atoms with Crippen LogP contribution in [0, 0.1) is 0 Å². The maximum absolute atomic E-state index is 12.1. The lowest BCUT2D eigenvalue weighted by atomic mass is 10.2.